The molecule has 0 fully saturated rings. The summed E-state index contributed by atoms with van der Waals surface area (Å²) in [7, 11) is 1.84. The standard InChI is InChI=1S/C12H18N2OS.ClH/c1-9(8-13-2)12(15)14-10-4-6-11(16-3)7-5-10;/h4-7,9,13H,8H2,1-3H3,(H,14,15);1H. The molecule has 3 nitrogen and oxygen atoms in total. The molecule has 1 aromatic carbocycles. The number of halogens is 1. The maximum atomic E-state index is 11.7. The second-order valence-electron chi connectivity index (χ2n) is 3.68. The van der Waals surface area contributed by atoms with Crippen molar-refractivity contribution in [2.24, 2.45) is 5.92 Å². The highest BCUT2D eigenvalue weighted by atomic mass is 35.5. The number of carbonyl (C=O) groups excluding carboxylic acids is 1. The van der Waals surface area contributed by atoms with Crippen molar-refractivity contribution in [1.82, 2.24) is 5.32 Å². The number of thioether (sulfide) groups is 1. The highest BCUT2D eigenvalue weighted by Crippen LogP contribution is 2.17. The Bertz CT molecular complexity index is 343. The molecule has 0 heterocycles. The third kappa shape index (κ3) is 5.44. The third-order valence-corrected chi connectivity index (χ3v) is 3.06. The van der Waals surface area contributed by atoms with Gasteiger partial charge in [0.05, 0.1) is 0 Å². The van der Waals surface area contributed by atoms with E-state index in [1.54, 1.807) is 11.8 Å². The molecular formula is C12H19ClN2OS. The molecule has 0 radical (unpaired) electrons. The minimum atomic E-state index is -0.0229. The van der Waals surface area contributed by atoms with E-state index >= 15 is 0 Å². The van der Waals surface area contributed by atoms with Gasteiger partial charge in [0, 0.05) is 23.0 Å². The van der Waals surface area contributed by atoms with Gasteiger partial charge in [-0.25, -0.2) is 0 Å². The minimum Gasteiger partial charge on any atom is -0.326 e. The van der Waals surface area contributed by atoms with Crippen molar-refractivity contribution in [1.29, 1.82) is 0 Å². The lowest BCUT2D eigenvalue weighted by atomic mass is 10.1. The van der Waals surface area contributed by atoms with Crippen molar-refractivity contribution in [2.75, 3.05) is 25.2 Å². The number of hydrogen-bond acceptors (Lipinski definition) is 3. The summed E-state index contributed by atoms with van der Waals surface area (Å²) in [6.45, 7) is 2.59. The van der Waals surface area contributed by atoms with E-state index in [-0.39, 0.29) is 24.2 Å². The maximum Gasteiger partial charge on any atom is 0.228 e. The Morgan fingerprint density at radius 2 is 1.94 bits per heavy atom. The number of benzene rings is 1. The number of anilines is 1. The highest BCUT2D eigenvalue weighted by molar-refractivity contribution is 7.98. The Morgan fingerprint density at radius 1 is 1.35 bits per heavy atom. The van der Waals surface area contributed by atoms with Crippen LogP contribution in [-0.4, -0.2) is 25.8 Å². The van der Waals surface area contributed by atoms with Crippen LogP contribution in [0.15, 0.2) is 29.2 Å². The molecule has 0 aliphatic carbocycles. The molecule has 0 aliphatic heterocycles. The summed E-state index contributed by atoms with van der Waals surface area (Å²) in [5.41, 5.74) is 0.853. The van der Waals surface area contributed by atoms with Crippen molar-refractivity contribution < 1.29 is 4.79 Å². The first-order chi connectivity index (χ1) is 7.67. The zero-order valence-electron chi connectivity index (χ0n) is 10.3. The maximum absolute atomic E-state index is 11.7. The van der Waals surface area contributed by atoms with E-state index in [2.05, 4.69) is 10.6 Å². The van der Waals surface area contributed by atoms with Crippen molar-refractivity contribution >= 4 is 35.8 Å². The summed E-state index contributed by atoms with van der Waals surface area (Å²) >= 11 is 1.69. The van der Waals surface area contributed by atoms with Crippen LogP contribution in [0, 0.1) is 5.92 Å². The van der Waals surface area contributed by atoms with Gasteiger partial charge in [0.25, 0.3) is 0 Å². The molecule has 0 spiro atoms. The van der Waals surface area contributed by atoms with Crippen LogP contribution in [0.2, 0.25) is 0 Å². The van der Waals surface area contributed by atoms with E-state index in [9.17, 15) is 4.79 Å². The van der Waals surface area contributed by atoms with Gasteiger partial charge in [0.2, 0.25) is 5.91 Å². The third-order valence-electron chi connectivity index (χ3n) is 2.32. The number of amides is 1. The first-order valence-electron chi connectivity index (χ1n) is 5.27. The van der Waals surface area contributed by atoms with Gasteiger partial charge in [-0.1, -0.05) is 6.92 Å². The summed E-state index contributed by atoms with van der Waals surface area (Å²) in [6, 6.07) is 7.86. The fourth-order valence-electron chi connectivity index (χ4n) is 1.34. The average molecular weight is 275 g/mol. The summed E-state index contributed by atoms with van der Waals surface area (Å²) < 4.78 is 0. The Hall–Kier alpha value is -0.710. The molecule has 1 atom stereocenters. The minimum absolute atomic E-state index is 0. The molecule has 1 amide bonds. The molecular weight excluding hydrogens is 256 g/mol. The average Bonchev–Trinajstić information content (AvgIpc) is 2.30. The number of hydrogen-bond donors (Lipinski definition) is 2. The van der Waals surface area contributed by atoms with E-state index in [1.165, 1.54) is 4.90 Å². The second-order valence-corrected chi connectivity index (χ2v) is 4.56. The van der Waals surface area contributed by atoms with Crippen LogP contribution >= 0.6 is 24.2 Å². The van der Waals surface area contributed by atoms with Crippen LogP contribution in [0.25, 0.3) is 0 Å². The lowest BCUT2D eigenvalue weighted by Crippen LogP contribution is -2.28. The lowest BCUT2D eigenvalue weighted by molar-refractivity contribution is -0.119. The number of nitrogens with one attached hydrogen (secondary N) is 2. The largest absolute Gasteiger partial charge is 0.326 e. The van der Waals surface area contributed by atoms with Crippen LogP contribution < -0.4 is 10.6 Å². The molecule has 17 heavy (non-hydrogen) atoms. The van der Waals surface area contributed by atoms with Gasteiger partial charge in [-0.2, -0.15) is 0 Å². The topological polar surface area (TPSA) is 41.1 Å². The fraction of sp³-hybridized carbons (Fsp3) is 0.417. The predicted molar refractivity (Wildman–Crippen MR) is 77.2 cm³/mol. The summed E-state index contributed by atoms with van der Waals surface area (Å²) in [6.07, 6.45) is 2.03. The summed E-state index contributed by atoms with van der Waals surface area (Å²) in [5, 5.41) is 5.88. The smallest absolute Gasteiger partial charge is 0.228 e. The van der Waals surface area contributed by atoms with Gasteiger partial charge in [-0.05, 0) is 37.6 Å². The molecule has 1 aromatic rings. The van der Waals surface area contributed by atoms with Gasteiger partial charge in [0.1, 0.15) is 0 Å². The van der Waals surface area contributed by atoms with Crippen LogP contribution in [0.4, 0.5) is 5.69 Å². The van der Waals surface area contributed by atoms with Gasteiger partial charge in [-0.15, -0.1) is 24.2 Å². The van der Waals surface area contributed by atoms with Crippen molar-refractivity contribution in [3.8, 4) is 0 Å². The number of carbonyl (C=O) groups is 1. The van der Waals surface area contributed by atoms with Crippen LogP contribution in [0.1, 0.15) is 6.92 Å². The van der Waals surface area contributed by atoms with Gasteiger partial charge < -0.3 is 10.6 Å². The van der Waals surface area contributed by atoms with Crippen LogP contribution in [0.3, 0.4) is 0 Å². The molecule has 0 aromatic heterocycles. The van der Waals surface area contributed by atoms with E-state index in [4.69, 9.17) is 0 Å². The van der Waals surface area contributed by atoms with Gasteiger partial charge >= 0.3 is 0 Å². The summed E-state index contributed by atoms with van der Waals surface area (Å²) in [4.78, 5) is 12.9. The van der Waals surface area contributed by atoms with Crippen molar-refractivity contribution in [2.45, 2.75) is 11.8 Å². The van der Waals surface area contributed by atoms with E-state index in [0.29, 0.717) is 6.54 Å². The van der Waals surface area contributed by atoms with E-state index in [0.717, 1.165) is 5.69 Å². The second kappa shape index (κ2) is 8.39. The van der Waals surface area contributed by atoms with Crippen molar-refractivity contribution in [3.63, 3.8) is 0 Å². The van der Waals surface area contributed by atoms with E-state index in [1.807, 2.05) is 44.5 Å². The monoisotopic (exact) mass is 274 g/mol. The van der Waals surface area contributed by atoms with Crippen molar-refractivity contribution in [3.05, 3.63) is 24.3 Å². The summed E-state index contributed by atoms with van der Waals surface area (Å²) in [5.74, 6) is 0.0245. The van der Waals surface area contributed by atoms with Gasteiger partial charge in [-0.3, -0.25) is 4.79 Å². The zero-order valence-corrected chi connectivity index (χ0v) is 12.0. The molecule has 0 saturated heterocycles. The Balaban J connectivity index is 0.00000256. The molecule has 1 rings (SSSR count). The fourth-order valence-corrected chi connectivity index (χ4v) is 1.75. The zero-order chi connectivity index (χ0) is 12.0. The highest BCUT2D eigenvalue weighted by Gasteiger charge is 2.11. The lowest BCUT2D eigenvalue weighted by Gasteiger charge is -2.11. The Morgan fingerprint density at radius 3 is 2.41 bits per heavy atom. The predicted octanol–water partition coefficient (Wildman–Crippen LogP) is 2.62. The Labute approximate surface area is 113 Å². The molecule has 1 unspecified atom stereocenters. The quantitative estimate of drug-likeness (QED) is 0.811. The molecule has 0 saturated carbocycles. The van der Waals surface area contributed by atoms with Gasteiger partial charge in [0.15, 0.2) is 0 Å². The first-order valence-corrected chi connectivity index (χ1v) is 6.49. The number of rotatable bonds is 5. The first kappa shape index (κ1) is 16.3. The van der Waals surface area contributed by atoms with E-state index < -0.39 is 0 Å². The Kier molecular flexibility index (Phi) is 8.04. The molecule has 5 heteroatoms. The van der Waals surface area contributed by atoms with Crippen LogP contribution in [0.5, 0.6) is 0 Å². The van der Waals surface area contributed by atoms with Crippen LogP contribution in [-0.2, 0) is 4.79 Å². The molecule has 2 N–H and O–H groups in total. The normalized spacial score (nSPS) is 11.5. The molecule has 96 valence electrons. The SMILES string of the molecule is CNCC(C)C(=O)Nc1ccc(SC)cc1.Cl. The molecule has 0 aliphatic rings. The molecule has 0 bridgehead atoms.